The molecule has 24 heteroatoms. The zero-order valence-electron chi connectivity index (χ0n) is 50.2. The zero-order chi connectivity index (χ0) is 60.4. The van der Waals surface area contributed by atoms with E-state index < -0.39 is 0 Å². The molecule has 4 N–H and O–H groups in total. The Morgan fingerprint density at radius 3 is 1.26 bits per heavy atom. The lowest BCUT2D eigenvalue weighted by Crippen LogP contribution is -2.46. The molecular formula is C62H77N19O5. The predicted molar refractivity (Wildman–Crippen MR) is 333 cm³/mol. The summed E-state index contributed by atoms with van der Waals surface area (Å²) in [5.74, 6) is 3.60. The van der Waals surface area contributed by atoms with Crippen molar-refractivity contribution in [3.63, 3.8) is 0 Å². The molecule has 3 aromatic carbocycles. The molecule has 6 aliphatic rings. The van der Waals surface area contributed by atoms with Crippen LogP contribution in [0.2, 0.25) is 0 Å². The second-order valence-corrected chi connectivity index (χ2v) is 22.4. The maximum Gasteiger partial charge on any atom is 0.409 e. The van der Waals surface area contributed by atoms with E-state index in [1.165, 1.54) is 0 Å². The Morgan fingerprint density at radius 1 is 0.558 bits per heavy atom. The molecule has 0 unspecified atom stereocenters. The number of nitrogens with one attached hydrogen (secondary N) is 4. The molecule has 7 amide bonds. The van der Waals surface area contributed by atoms with Gasteiger partial charge in [0.1, 0.15) is 17.5 Å². The minimum Gasteiger partial charge on any atom is -0.450 e. The van der Waals surface area contributed by atoms with Gasteiger partial charge >= 0.3 is 24.2 Å². The first kappa shape index (κ1) is 59.9. The van der Waals surface area contributed by atoms with E-state index in [1.54, 1.807) is 61.6 Å². The highest BCUT2D eigenvalue weighted by Crippen LogP contribution is 2.35. The van der Waals surface area contributed by atoms with Crippen molar-refractivity contribution in [1.82, 2.24) is 45.0 Å². The first-order valence-corrected chi connectivity index (χ1v) is 29.6. The maximum atomic E-state index is 13.0. The number of piperidine rings is 3. The minimum atomic E-state index is -0.260. The van der Waals surface area contributed by atoms with Crippen LogP contribution in [0.25, 0.3) is 0 Å². The molecule has 450 valence electrons. The Bertz CT molecular complexity index is 3450. The second-order valence-electron chi connectivity index (χ2n) is 22.4. The highest BCUT2D eigenvalue weighted by Gasteiger charge is 2.35. The monoisotopic (exact) mass is 1170 g/mol. The molecule has 3 aromatic heterocycles. The largest absolute Gasteiger partial charge is 0.450 e. The van der Waals surface area contributed by atoms with Crippen LogP contribution in [0, 0.1) is 32.1 Å². The topological polar surface area (TPSA) is 253 Å². The molecule has 0 spiro atoms. The molecule has 24 nitrogen and oxygen atoms in total. The molecule has 9 heterocycles. The van der Waals surface area contributed by atoms with Crippen molar-refractivity contribution in [3.8, 4) is 6.07 Å². The lowest BCUT2D eigenvalue weighted by Gasteiger charge is -2.35. The number of anilines is 9. The normalized spacial score (nSPS) is 17.5. The maximum absolute atomic E-state index is 13.0. The van der Waals surface area contributed by atoms with Gasteiger partial charge in [0.05, 0.1) is 38.9 Å². The van der Waals surface area contributed by atoms with Crippen LogP contribution >= 0.6 is 0 Å². The quantitative estimate of drug-likeness (QED) is 0.0885. The Kier molecular flexibility index (Phi) is 19.0. The summed E-state index contributed by atoms with van der Waals surface area (Å²) in [7, 11) is 5.26. The van der Waals surface area contributed by atoms with Crippen molar-refractivity contribution in [3.05, 3.63) is 125 Å². The third kappa shape index (κ3) is 13.6. The van der Waals surface area contributed by atoms with Gasteiger partial charge in [-0.2, -0.15) is 20.2 Å². The molecule has 0 saturated carbocycles. The standard InChI is InChI=1S/C22H28N6O3.C21H25N7O.C19H24N6O/c1-4-31-22(30)27-11-9-17(10-12-27)24-20-23-13-16-14-28(18-8-6-5-7-15(18)2)21(29)26(3)19(16)25-20;1-15-5-3-4-6-18(15)28-14-16-13-23-20(25-19(16)26(2)21(28)29)24-17-7-10-27(11-8-17)12-9-22;1-13-5-3-4-6-16(13)25-12-14-11-21-18(22-15-7-9-20-10-8-15)23-17(14)24(2)19(25)26/h5-8,13,17H,4,9-12,14H2,1-3H3,(H,23,24,25);3-6,13,17H,7-8,10-12,14H2,1-2H3,(H,23,24,25);3-6,11,15,20H,7-10,12H2,1-2H3,(H,21,22,23). The summed E-state index contributed by atoms with van der Waals surface area (Å²) in [6.45, 7) is 15.1. The fraction of sp³-hybridized carbons (Fsp3) is 0.435. The molecule has 6 aliphatic heterocycles. The summed E-state index contributed by atoms with van der Waals surface area (Å²) in [6, 6.07) is 26.4. The van der Waals surface area contributed by atoms with E-state index >= 15 is 0 Å². The number of aromatic nitrogens is 6. The average molecular weight is 1170 g/mol. The summed E-state index contributed by atoms with van der Waals surface area (Å²) < 4.78 is 5.07. The molecule has 0 radical (unpaired) electrons. The van der Waals surface area contributed by atoms with Crippen molar-refractivity contribution < 1.29 is 23.9 Å². The van der Waals surface area contributed by atoms with Gasteiger partial charge in [-0.15, -0.1) is 0 Å². The summed E-state index contributed by atoms with van der Waals surface area (Å²) in [5, 5.41) is 22.3. The van der Waals surface area contributed by atoms with Crippen LogP contribution in [0.4, 0.5) is 71.5 Å². The van der Waals surface area contributed by atoms with Crippen molar-refractivity contribution >= 4 is 76.5 Å². The van der Waals surface area contributed by atoms with Gasteiger partial charge < -0.3 is 30.9 Å². The number of para-hydroxylation sites is 3. The van der Waals surface area contributed by atoms with Gasteiger partial charge in [0.25, 0.3) is 0 Å². The van der Waals surface area contributed by atoms with E-state index in [9.17, 15) is 19.2 Å². The van der Waals surface area contributed by atoms with Crippen LogP contribution in [0.1, 0.15) is 78.8 Å². The molecule has 12 rings (SSSR count). The third-order valence-corrected chi connectivity index (χ3v) is 16.5. The second kappa shape index (κ2) is 27.2. The number of rotatable bonds is 11. The first-order chi connectivity index (χ1) is 41.7. The van der Waals surface area contributed by atoms with Crippen LogP contribution in [0.15, 0.2) is 91.4 Å². The number of amides is 7. The van der Waals surface area contributed by atoms with Crippen molar-refractivity contribution in [2.75, 3.05) is 119 Å². The van der Waals surface area contributed by atoms with E-state index in [0.717, 1.165) is 115 Å². The number of hydrogen-bond acceptors (Lipinski definition) is 17. The van der Waals surface area contributed by atoms with Crippen LogP contribution in [-0.2, 0) is 24.4 Å². The van der Waals surface area contributed by atoms with E-state index in [1.807, 2.05) is 113 Å². The molecule has 0 bridgehead atoms. The molecule has 0 atom stereocenters. The number of benzene rings is 3. The van der Waals surface area contributed by atoms with Crippen LogP contribution < -0.4 is 50.7 Å². The Labute approximate surface area is 502 Å². The highest BCUT2D eigenvalue weighted by atomic mass is 16.6. The van der Waals surface area contributed by atoms with Gasteiger partial charge in [-0.05, 0) is 114 Å². The fourth-order valence-corrected chi connectivity index (χ4v) is 11.6. The minimum absolute atomic E-state index is 0.0710. The van der Waals surface area contributed by atoms with Gasteiger partial charge in [-0.25, -0.2) is 34.1 Å². The summed E-state index contributed by atoms with van der Waals surface area (Å²) in [4.78, 5) is 92.1. The average Bonchev–Trinajstić information content (AvgIpc) is 1.51. The first-order valence-electron chi connectivity index (χ1n) is 29.6. The number of urea groups is 3. The summed E-state index contributed by atoms with van der Waals surface area (Å²) in [5.41, 5.74) is 8.65. The highest BCUT2D eigenvalue weighted by molar-refractivity contribution is 6.07. The molecule has 0 aliphatic carbocycles. The van der Waals surface area contributed by atoms with E-state index in [2.05, 4.69) is 62.1 Å². The van der Waals surface area contributed by atoms with E-state index in [-0.39, 0.29) is 36.3 Å². The molecule has 3 fully saturated rings. The zero-order valence-corrected chi connectivity index (χ0v) is 50.2. The SMILES string of the molecule is CCOC(=O)N1CCC(Nc2ncc3c(n2)N(C)C(=O)N(c2ccccc2C)C3)CC1.Cc1ccccc1N1Cc2cnc(NC3CCN(CC#N)CC3)nc2N(C)C1=O.Cc1ccccc1N1Cc2cnc(NC3CCNCC3)nc2N(C)C1=O. The van der Waals surface area contributed by atoms with Gasteiger partial charge in [-0.3, -0.25) is 34.3 Å². The fourth-order valence-electron chi connectivity index (χ4n) is 11.6. The molecule has 6 aromatic rings. The number of fused-ring (bicyclic) bond motifs is 3. The van der Waals surface area contributed by atoms with Crippen molar-refractivity contribution in [2.24, 2.45) is 0 Å². The van der Waals surface area contributed by atoms with Crippen LogP contribution in [0.3, 0.4) is 0 Å². The number of nitrogens with zero attached hydrogens (tertiary/aromatic N) is 15. The van der Waals surface area contributed by atoms with E-state index in [4.69, 9.17) is 10.00 Å². The van der Waals surface area contributed by atoms with Gasteiger partial charge in [0.2, 0.25) is 17.8 Å². The van der Waals surface area contributed by atoms with Gasteiger partial charge in [0.15, 0.2) is 0 Å². The van der Waals surface area contributed by atoms with Crippen molar-refractivity contribution in [1.29, 1.82) is 5.26 Å². The smallest absolute Gasteiger partial charge is 0.409 e. The number of ether oxygens (including phenoxy) is 1. The van der Waals surface area contributed by atoms with Crippen LogP contribution in [0.5, 0.6) is 0 Å². The summed E-state index contributed by atoms with van der Waals surface area (Å²) >= 11 is 0. The number of nitriles is 1. The molecule has 3 saturated heterocycles. The number of hydrogen-bond donors (Lipinski definition) is 4. The number of carbonyl (C=O) groups excluding carboxylic acids is 4. The van der Waals surface area contributed by atoms with Gasteiger partial charge in [0, 0.05) is 118 Å². The number of carbonyl (C=O) groups is 4. The van der Waals surface area contributed by atoms with Crippen LogP contribution in [-0.4, -0.2) is 156 Å². The molecular weight excluding hydrogens is 1090 g/mol. The Morgan fingerprint density at radius 2 is 0.907 bits per heavy atom. The van der Waals surface area contributed by atoms with E-state index in [0.29, 0.717) is 87.2 Å². The predicted octanol–water partition coefficient (Wildman–Crippen LogP) is 8.68. The third-order valence-electron chi connectivity index (χ3n) is 16.5. The number of likely N-dealkylation sites (tertiary alicyclic amines) is 2. The van der Waals surface area contributed by atoms with Gasteiger partial charge in [-0.1, -0.05) is 54.6 Å². The van der Waals surface area contributed by atoms with Crippen molar-refractivity contribution in [2.45, 2.75) is 104 Å². The Balaban J connectivity index is 0.000000144. The lowest BCUT2D eigenvalue weighted by atomic mass is 10.1. The molecule has 86 heavy (non-hydrogen) atoms. The number of aryl methyl sites for hydroxylation is 3. The lowest BCUT2D eigenvalue weighted by molar-refractivity contribution is 0.0983. The summed E-state index contributed by atoms with van der Waals surface area (Å²) in [6.07, 6.45) is 10.7. The Hall–Kier alpha value is -9.21.